The van der Waals surface area contributed by atoms with Crippen molar-refractivity contribution in [3.05, 3.63) is 45.7 Å². The summed E-state index contributed by atoms with van der Waals surface area (Å²) < 4.78 is 40.5. The number of carbonyl (C=O) groups is 1. The van der Waals surface area contributed by atoms with E-state index in [1.54, 1.807) is 6.92 Å². The third-order valence-electron chi connectivity index (χ3n) is 2.98. The fourth-order valence-corrected chi connectivity index (χ4v) is 2.06. The molecular weight excluding hydrogens is 309 g/mol. The van der Waals surface area contributed by atoms with Crippen LogP contribution in [0, 0.1) is 13.8 Å². The first kappa shape index (κ1) is 15.4. The molecule has 0 spiro atoms. The molecule has 112 valence electrons. The van der Waals surface area contributed by atoms with Gasteiger partial charge < -0.3 is 5.11 Å². The summed E-state index contributed by atoms with van der Waals surface area (Å²) >= 11 is 5.94. The van der Waals surface area contributed by atoms with E-state index in [4.69, 9.17) is 16.7 Å². The molecule has 0 saturated carbocycles. The van der Waals surface area contributed by atoms with Gasteiger partial charge in [-0.2, -0.15) is 18.3 Å². The maximum absolute atomic E-state index is 13.1. The number of alkyl halides is 3. The molecule has 0 aliphatic heterocycles. The third kappa shape index (κ3) is 2.73. The minimum atomic E-state index is -4.71. The van der Waals surface area contributed by atoms with Crippen LogP contribution in [0.4, 0.5) is 13.2 Å². The van der Waals surface area contributed by atoms with Crippen LogP contribution in [-0.4, -0.2) is 20.9 Å². The van der Waals surface area contributed by atoms with Crippen LogP contribution in [0.25, 0.3) is 5.69 Å². The van der Waals surface area contributed by atoms with Gasteiger partial charge in [0.15, 0.2) is 0 Å². The first-order valence-electron chi connectivity index (χ1n) is 5.79. The molecule has 1 aromatic heterocycles. The second kappa shape index (κ2) is 5.07. The molecular formula is C13H10ClF3N2O2. The molecule has 0 atom stereocenters. The fourth-order valence-electron chi connectivity index (χ4n) is 1.94. The molecule has 0 aliphatic rings. The van der Waals surface area contributed by atoms with E-state index < -0.39 is 23.3 Å². The Morgan fingerprint density at radius 2 is 1.95 bits per heavy atom. The van der Waals surface area contributed by atoms with E-state index in [9.17, 15) is 18.0 Å². The smallest absolute Gasteiger partial charge is 0.418 e. The molecule has 0 bridgehead atoms. The van der Waals surface area contributed by atoms with E-state index in [1.807, 2.05) is 0 Å². The molecule has 1 N–H and O–H groups in total. The molecule has 8 heteroatoms. The lowest BCUT2D eigenvalue weighted by Gasteiger charge is -2.14. The molecule has 0 saturated heterocycles. The summed E-state index contributed by atoms with van der Waals surface area (Å²) in [5.41, 5.74) is -1.05. The quantitative estimate of drug-likeness (QED) is 0.914. The van der Waals surface area contributed by atoms with Gasteiger partial charge in [0.2, 0.25) is 0 Å². The number of benzene rings is 1. The summed E-state index contributed by atoms with van der Waals surface area (Å²) in [7, 11) is 0. The average Bonchev–Trinajstić information content (AvgIpc) is 2.64. The predicted octanol–water partition coefficient (Wildman–Crippen LogP) is 3.86. The van der Waals surface area contributed by atoms with E-state index in [0.717, 1.165) is 16.8 Å². The Kier molecular flexibility index (Phi) is 3.71. The number of hydrogen-bond acceptors (Lipinski definition) is 2. The SMILES string of the molecule is Cc1nn(-c2ccc(C(=O)O)cc2C(F)(F)F)c(C)c1Cl. The first-order chi connectivity index (χ1) is 9.62. The summed E-state index contributed by atoms with van der Waals surface area (Å²) in [4.78, 5) is 10.8. The van der Waals surface area contributed by atoms with Crippen LogP contribution in [0.3, 0.4) is 0 Å². The molecule has 4 nitrogen and oxygen atoms in total. The summed E-state index contributed by atoms with van der Waals surface area (Å²) in [5, 5.41) is 13.1. The number of aromatic carboxylic acids is 1. The highest BCUT2D eigenvalue weighted by Gasteiger charge is 2.35. The van der Waals surface area contributed by atoms with E-state index in [-0.39, 0.29) is 10.7 Å². The highest BCUT2D eigenvalue weighted by atomic mass is 35.5. The van der Waals surface area contributed by atoms with Gasteiger partial charge in [-0.15, -0.1) is 0 Å². The van der Waals surface area contributed by atoms with Crippen molar-refractivity contribution in [3.8, 4) is 5.69 Å². The molecule has 0 amide bonds. The van der Waals surface area contributed by atoms with Crippen LogP contribution < -0.4 is 0 Å². The molecule has 0 aliphatic carbocycles. The highest BCUT2D eigenvalue weighted by molar-refractivity contribution is 6.31. The number of nitrogens with zero attached hydrogens (tertiary/aromatic N) is 2. The largest absolute Gasteiger partial charge is 0.478 e. The van der Waals surface area contributed by atoms with Crippen LogP contribution in [0.15, 0.2) is 18.2 Å². The Balaban J connectivity index is 2.74. The number of aryl methyl sites for hydroxylation is 1. The molecule has 2 rings (SSSR count). The Bertz CT molecular complexity index is 723. The van der Waals surface area contributed by atoms with Crippen molar-refractivity contribution in [1.29, 1.82) is 0 Å². The topological polar surface area (TPSA) is 55.1 Å². The maximum Gasteiger partial charge on any atom is 0.418 e. The summed E-state index contributed by atoms with van der Waals surface area (Å²) in [6.07, 6.45) is -4.71. The van der Waals surface area contributed by atoms with Gasteiger partial charge in [-0.05, 0) is 32.0 Å². The van der Waals surface area contributed by atoms with Gasteiger partial charge >= 0.3 is 12.1 Å². The van der Waals surface area contributed by atoms with Crippen LogP contribution in [-0.2, 0) is 6.18 Å². The number of carboxylic acids is 1. The standard InChI is InChI=1S/C13H10ClF3N2O2/c1-6-11(14)7(2)19(18-6)10-4-3-8(12(20)21)5-9(10)13(15,16)17/h3-5H,1-2H3,(H,20,21). The van der Waals surface area contributed by atoms with Gasteiger partial charge in [0.25, 0.3) is 0 Å². The molecule has 0 unspecified atom stereocenters. The van der Waals surface area contributed by atoms with E-state index in [1.165, 1.54) is 6.92 Å². The van der Waals surface area contributed by atoms with Crippen molar-refractivity contribution in [2.45, 2.75) is 20.0 Å². The van der Waals surface area contributed by atoms with Crippen LogP contribution >= 0.6 is 11.6 Å². The first-order valence-corrected chi connectivity index (χ1v) is 6.17. The summed E-state index contributed by atoms with van der Waals surface area (Å²) in [6.45, 7) is 3.11. The second-order valence-corrected chi connectivity index (χ2v) is 4.81. The van der Waals surface area contributed by atoms with Gasteiger partial charge in [-0.25, -0.2) is 9.48 Å². The second-order valence-electron chi connectivity index (χ2n) is 4.43. The minimum Gasteiger partial charge on any atom is -0.478 e. The zero-order chi connectivity index (χ0) is 15.9. The summed E-state index contributed by atoms with van der Waals surface area (Å²) in [5.74, 6) is -1.43. The van der Waals surface area contributed by atoms with Crippen molar-refractivity contribution in [2.75, 3.05) is 0 Å². The average molecular weight is 319 g/mol. The van der Waals surface area contributed by atoms with Crippen molar-refractivity contribution >= 4 is 17.6 Å². The van der Waals surface area contributed by atoms with Crippen molar-refractivity contribution in [3.63, 3.8) is 0 Å². The number of aromatic nitrogens is 2. The maximum atomic E-state index is 13.1. The van der Waals surface area contributed by atoms with Crippen molar-refractivity contribution < 1.29 is 23.1 Å². The number of rotatable bonds is 2. The van der Waals surface area contributed by atoms with Gasteiger partial charge in [0.05, 0.1) is 33.2 Å². The highest BCUT2D eigenvalue weighted by Crippen LogP contribution is 2.35. The number of hydrogen-bond donors (Lipinski definition) is 1. The van der Waals surface area contributed by atoms with E-state index >= 15 is 0 Å². The lowest BCUT2D eigenvalue weighted by Crippen LogP contribution is -2.14. The predicted molar refractivity (Wildman–Crippen MR) is 70.0 cm³/mol. The Labute approximate surface area is 122 Å². The molecule has 1 heterocycles. The van der Waals surface area contributed by atoms with Gasteiger partial charge in [-0.3, -0.25) is 0 Å². The van der Waals surface area contributed by atoms with E-state index in [0.29, 0.717) is 17.5 Å². The van der Waals surface area contributed by atoms with Gasteiger partial charge in [0.1, 0.15) is 0 Å². The molecule has 1 aromatic carbocycles. The number of halogens is 4. The lowest BCUT2D eigenvalue weighted by atomic mass is 10.1. The zero-order valence-corrected chi connectivity index (χ0v) is 11.7. The molecule has 2 aromatic rings. The van der Waals surface area contributed by atoms with Crippen LogP contribution in [0.1, 0.15) is 27.3 Å². The van der Waals surface area contributed by atoms with Gasteiger partial charge in [0, 0.05) is 0 Å². The number of carboxylic acid groups (broad SMARTS) is 1. The summed E-state index contributed by atoms with van der Waals surface area (Å²) in [6, 6.07) is 2.75. The Morgan fingerprint density at radius 3 is 2.38 bits per heavy atom. The molecule has 21 heavy (non-hydrogen) atoms. The third-order valence-corrected chi connectivity index (χ3v) is 3.53. The molecule has 0 fully saturated rings. The molecule has 0 radical (unpaired) electrons. The Hall–Kier alpha value is -2.02. The fraction of sp³-hybridized carbons (Fsp3) is 0.231. The normalized spacial score (nSPS) is 11.7. The van der Waals surface area contributed by atoms with Crippen molar-refractivity contribution in [1.82, 2.24) is 9.78 Å². The van der Waals surface area contributed by atoms with Crippen molar-refractivity contribution in [2.24, 2.45) is 0 Å². The minimum absolute atomic E-state index is 0.264. The Morgan fingerprint density at radius 1 is 1.33 bits per heavy atom. The van der Waals surface area contributed by atoms with Gasteiger partial charge in [-0.1, -0.05) is 11.6 Å². The van der Waals surface area contributed by atoms with E-state index in [2.05, 4.69) is 5.10 Å². The lowest BCUT2D eigenvalue weighted by molar-refractivity contribution is -0.137. The monoisotopic (exact) mass is 318 g/mol. The zero-order valence-electron chi connectivity index (χ0n) is 11.0. The van der Waals surface area contributed by atoms with Crippen LogP contribution in [0.2, 0.25) is 5.02 Å². The van der Waals surface area contributed by atoms with Crippen LogP contribution in [0.5, 0.6) is 0 Å².